The quantitative estimate of drug-likeness (QED) is 0.679. The Labute approximate surface area is 172 Å². The zero-order valence-electron chi connectivity index (χ0n) is 16.0. The predicted molar refractivity (Wildman–Crippen MR) is 113 cm³/mol. The van der Waals surface area contributed by atoms with Crippen molar-refractivity contribution < 1.29 is 24.2 Å². The summed E-state index contributed by atoms with van der Waals surface area (Å²) < 4.78 is 5.13. The molecule has 1 aliphatic heterocycles. The summed E-state index contributed by atoms with van der Waals surface area (Å²) in [5.74, 6) is -0.163. The molecule has 3 rings (SSSR count). The Hall–Kier alpha value is -3.10. The van der Waals surface area contributed by atoms with E-state index in [-0.39, 0.29) is 28.7 Å². The molecule has 0 spiro atoms. The number of aliphatic hydroxyl groups is 1. The summed E-state index contributed by atoms with van der Waals surface area (Å²) in [6.45, 7) is 1.29. The van der Waals surface area contributed by atoms with Crippen molar-refractivity contribution in [3.63, 3.8) is 0 Å². The van der Waals surface area contributed by atoms with E-state index in [4.69, 9.17) is 4.74 Å². The first-order valence-corrected chi connectivity index (χ1v) is 9.83. The third-order valence-electron chi connectivity index (χ3n) is 4.20. The molecule has 2 aromatic carbocycles. The monoisotopic (exact) mass is 412 g/mol. The number of amides is 3. The molecule has 150 valence electrons. The lowest BCUT2D eigenvalue weighted by Gasteiger charge is -2.15. The molecule has 0 radical (unpaired) electrons. The second-order valence-corrected chi connectivity index (χ2v) is 7.28. The van der Waals surface area contributed by atoms with Crippen molar-refractivity contribution in [3.05, 3.63) is 59.0 Å². The first-order chi connectivity index (χ1) is 14.0. The van der Waals surface area contributed by atoms with Gasteiger partial charge in [0.25, 0.3) is 11.8 Å². The van der Waals surface area contributed by atoms with Crippen molar-refractivity contribution in [2.75, 3.05) is 29.7 Å². The summed E-state index contributed by atoms with van der Waals surface area (Å²) in [5, 5.41) is 11.9. The van der Waals surface area contributed by atoms with E-state index in [9.17, 15) is 19.5 Å². The number of imide groups is 1. The normalized spacial score (nSPS) is 13.8. The van der Waals surface area contributed by atoms with Crippen LogP contribution in [0.4, 0.5) is 11.4 Å². The summed E-state index contributed by atoms with van der Waals surface area (Å²) in [6.07, 6.45) is 0. The molecule has 1 aliphatic rings. The molecule has 7 nitrogen and oxygen atoms in total. The van der Waals surface area contributed by atoms with Gasteiger partial charge >= 0.3 is 0 Å². The predicted octanol–water partition coefficient (Wildman–Crippen LogP) is 2.66. The van der Waals surface area contributed by atoms with Crippen LogP contribution in [0.3, 0.4) is 0 Å². The van der Waals surface area contributed by atoms with Gasteiger partial charge in [0.1, 0.15) is 5.75 Å². The van der Waals surface area contributed by atoms with E-state index in [2.05, 4.69) is 5.32 Å². The average Bonchev–Trinajstić information content (AvgIpc) is 2.96. The van der Waals surface area contributed by atoms with Crippen molar-refractivity contribution in [1.82, 2.24) is 0 Å². The fraction of sp³-hybridized carbons (Fsp3) is 0.190. The largest absolute Gasteiger partial charge is 0.497 e. The summed E-state index contributed by atoms with van der Waals surface area (Å²) in [7, 11) is 1.54. The van der Waals surface area contributed by atoms with Crippen molar-refractivity contribution in [2.45, 2.75) is 6.92 Å². The van der Waals surface area contributed by atoms with Gasteiger partial charge in [-0.05, 0) is 42.0 Å². The highest BCUT2D eigenvalue weighted by Gasteiger charge is 2.40. The number of benzene rings is 2. The highest BCUT2D eigenvalue weighted by Crippen LogP contribution is 2.38. The van der Waals surface area contributed by atoms with Crippen LogP contribution in [0.5, 0.6) is 5.75 Å². The fourth-order valence-electron chi connectivity index (χ4n) is 2.94. The molecule has 0 atom stereocenters. The second-order valence-electron chi connectivity index (χ2n) is 6.18. The van der Waals surface area contributed by atoms with Crippen LogP contribution in [0.1, 0.15) is 12.5 Å². The Morgan fingerprint density at radius 1 is 1.07 bits per heavy atom. The third-order valence-corrected chi connectivity index (χ3v) is 5.26. The maximum atomic E-state index is 13.2. The van der Waals surface area contributed by atoms with E-state index in [1.54, 1.807) is 48.5 Å². The minimum atomic E-state index is -0.437. The SMILES string of the molecule is COc1ccc(N2C(=O)C(SCCO)=C(c3ccc(NC(C)=O)cc3)C2=O)cc1. The van der Waals surface area contributed by atoms with Crippen molar-refractivity contribution in [2.24, 2.45) is 0 Å². The number of carbonyl (C=O) groups excluding carboxylic acids is 3. The van der Waals surface area contributed by atoms with Gasteiger partial charge in [0, 0.05) is 18.4 Å². The van der Waals surface area contributed by atoms with E-state index >= 15 is 0 Å². The topological polar surface area (TPSA) is 95.9 Å². The van der Waals surface area contributed by atoms with Gasteiger partial charge in [0.2, 0.25) is 5.91 Å². The Bertz CT molecular complexity index is 968. The minimum Gasteiger partial charge on any atom is -0.497 e. The van der Waals surface area contributed by atoms with E-state index in [1.807, 2.05) is 0 Å². The highest BCUT2D eigenvalue weighted by atomic mass is 32.2. The number of aliphatic hydroxyl groups excluding tert-OH is 1. The number of nitrogens with zero attached hydrogens (tertiary/aromatic N) is 1. The van der Waals surface area contributed by atoms with E-state index in [1.165, 1.54) is 14.0 Å². The molecule has 0 saturated heterocycles. The number of rotatable bonds is 7. The lowest BCUT2D eigenvalue weighted by atomic mass is 10.1. The molecule has 0 bridgehead atoms. The lowest BCUT2D eigenvalue weighted by molar-refractivity contribution is -0.120. The molecular weight excluding hydrogens is 392 g/mol. The molecular formula is C21H20N2O5S. The minimum absolute atomic E-state index is 0.118. The summed E-state index contributed by atoms with van der Waals surface area (Å²) in [4.78, 5) is 38.8. The molecule has 29 heavy (non-hydrogen) atoms. The molecule has 8 heteroatoms. The van der Waals surface area contributed by atoms with Crippen LogP contribution in [0, 0.1) is 0 Å². The van der Waals surface area contributed by atoms with Crippen LogP contribution in [-0.2, 0) is 14.4 Å². The van der Waals surface area contributed by atoms with Gasteiger partial charge in [-0.25, -0.2) is 4.90 Å². The molecule has 0 unspecified atom stereocenters. The average molecular weight is 412 g/mol. The van der Waals surface area contributed by atoms with Gasteiger partial charge in [-0.15, -0.1) is 11.8 Å². The zero-order chi connectivity index (χ0) is 21.0. The van der Waals surface area contributed by atoms with Gasteiger partial charge in [0.15, 0.2) is 0 Å². The number of anilines is 2. The number of hydrogen-bond donors (Lipinski definition) is 2. The van der Waals surface area contributed by atoms with Gasteiger partial charge in [-0.1, -0.05) is 12.1 Å². The first kappa shape index (κ1) is 20.6. The third kappa shape index (κ3) is 4.33. The molecule has 3 amide bonds. The maximum Gasteiger partial charge on any atom is 0.272 e. The number of ether oxygens (including phenoxy) is 1. The number of nitrogens with one attached hydrogen (secondary N) is 1. The summed E-state index contributed by atoms with van der Waals surface area (Å²) in [5.41, 5.74) is 1.87. The van der Waals surface area contributed by atoms with Gasteiger partial charge in [-0.2, -0.15) is 0 Å². The molecule has 1 heterocycles. The molecule has 0 fully saturated rings. The number of methoxy groups -OCH3 is 1. The Morgan fingerprint density at radius 3 is 2.28 bits per heavy atom. The van der Waals surface area contributed by atoms with Gasteiger partial charge in [-0.3, -0.25) is 14.4 Å². The lowest BCUT2D eigenvalue weighted by Crippen LogP contribution is -2.31. The van der Waals surface area contributed by atoms with Gasteiger partial charge < -0.3 is 15.2 Å². The van der Waals surface area contributed by atoms with Crippen LogP contribution >= 0.6 is 11.8 Å². The van der Waals surface area contributed by atoms with E-state index in [0.717, 1.165) is 16.7 Å². The van der Waals surface area contributed by atoms with E-state index in [0.29, 0.717) is 22.7 Å². The van der Waals surface area contributed by atoms with Crippen molar-refractivity contribution in [3.8, 4) is 5.75 Å². The number of carbonyl (C=O) groups is 3. The molecule has 0 saturated carbocycles. The fourth-order valence-corrected chi connectivity index (χ4v) is 3.79. The summed E-state index contributed by atoms with van der Waals surface area (Å²) in [6, 6.07) is 13.4. The van der Waals surface area contributed by atoms with Crippen molar-refractivity contribution >= 4 is 46.4 Å². The Kier molecular flexibility index (Phi) is 6.36. The standard InChI is InChI=1S/C21H20N2O5S/c1-13(25)22-15-5-3-14(4-6-15)18-19(29-12-11-24)21(27)23(20(18)26)16-7-9-17(28-2)10-8-16/h3-10,24H,11-12H2,1-2H3,(H,22,25). The van der Waals surface area contributed by atoms with Gasteiger partial charge in [0.05, 0.1) is 29.9 Å². The van der Waals surface area contributed by atoms with Crippen molar-refractivity contribution in [1.29, 1.82) is 0 Å². The highest BCUT2D eigenvalue weighted by molar-refractivity contribution is 8.04. The van der Waals surface area contributed by atoms with E-state index < -0.39 is 11.8 Å². The van der Waals surface area contributed by atoms with Crippen LogP contribution in [0.2, 0.25) is 0 Å². The van der Waals surface area contributed by atoms with Crippen LogP contribution in [-0.4, -0.2) is 42.3 Å². The first-order valence-electron chi connectivity index (χ1n) is 8.85. The molecule has 0 aromatic heterocycles. The summed E-state index contributed by atoms with van der Waals surface area (Å²) >= 11 is 1.14. The van der Waals surface area contributed by atoms with Crippen LogP contribution in [0.25, 0.3) is 5.57 Å². The Morgan fingerprint density at radius 2 is 1.72 bits per heavy atom. The smallest absolute Gasteiger partial charge is 0.272 e. The Balaban J connectivity index is 1.98. The zero-order valence-corrected chi connectivity index (χ0v) is 16.8. The number of thioether (sulfide) groups is 1. The maximum absolute atomic E-state index is 13.2. The second kappa shape index (κ2) is 8.93. The van der Waals surface area contributed by atoms with Crippen LogP contribution in [0.15, 0.2) is 53.4 Å². The molecule has 2 aromatic rings. The molecule has 2 N–H and O–H groups in total. The molecule has 0 aliphatic carbocycles. The van der Waals surface area contributed by atoms with Crippen LogP contribution < -0.4 is 15.0 Å². The number of hydrogen-bond acceptors (Lipinski definition) is 6.